The highest BCUT2D eigenvalue weighted by Crippen LogP contribution is 2.53. The zero-order chi connectivity index (χ0) is 21.9. The van der Waals surface area contributed by atoms with E-state index in [4.69, 9.17) is 20.2 Å². The van der Waals surface area contributed by atoms with Crippen LogP contribution in [0.15, 0.2) is 17.3 Å². The van der Waals surface area contributed by atoms with Gasteiger partial charge in [0.25, 0.3) is 0 Å². The third-order valence-corrected chi connectivity index (χ3v) is 9.27. The number of nitrogens with two attached hydrogens (primary N) is 1. The molecule has 1 aliphatic carbocycles. The number of fused-ring (bicyclic) bond motifs is 3. The number of alkyl carbamates (subject to hydrolysis) is 1. The topological polar surface area (TPSA) is 133 Å². The molecule has 3 N–H and O–H groups in total. The summed E-state index contributed by atoms with van der Waals surface area (Å²) in [6.45, 7) is 7.19. The van der Waals surface area contributed by atoms with Crippen molar-refractivity contribution in [3.63, 3.8) is 0 Å². The standard InChI is InChI=1S/C20H28N4O5S/c1-18(2,3)29-17(25)23-16-20(7-5-8-20)30(26,27)14-6-9-28-15-13(19(14,4)24-16)10-12(21)11-22-15/h10-11,14H,5-9,21H2,1-4H3,(H,23,24,25). The van der Waals surface area contributed by atoms with E-state index in [0.717, 1.165) is 6.42 Å². The zero-order valence-electron chi connectivity index (χ0n) is 17.7. The summed E-state index contributed by atoms with van der Waals surface area (Å²) in [6, 6.07) is 1.66. The first kappa shape index (κ1) is 20.9. The van der Waals surface area contributed by atoms with Gasteiger partial charge in [0.1, 0.15) is 21.7 Å². The number of anilines is 1. The minimum atomic E-state index is -3.71. The fourth-order valence-electron chi connectivity index (χ4n) is 4.56. The Balaban J connectivity index is 1.88. The SMILES string of the molecule is CC(C)(C)OC(=O)NC1=NC2(C)c3cc(N)cnc3OCCC2S(=O)(=O)C12CCC2. The van der Waals surface area contributed by atoms with Gasteiger partial charge in [-0.05, 0) is 53.0 Å². The molecule has 0 radical (unpaired) electrons. The smallest absolute Gasteiger partial charge is 0.413 e. The van der Waals surface area contributed by atoms with Crippen LogP contribution in [0.25, 0.3) is 0 Å². The van der Waals surface area contributed by atoms with Gasteiger partial charge in [0.05, 0.1) is 23.7 Å². The monoisotopic (exact) mass is 436 g/mol. The first-order valence-corrected chi connectivity index (χ1v) is 11.7. The summed E-state index contributed by atoms with van der Waals surface area (Å²) in [5.74, 6) is 0.450. The summed E-state index contributed by atoms with van der Waals surface area (Å²) in [7, 11) is -3.71. The normalized spacial score (nSPS) is 28.7. The molecule has 1 spiro atoms. The van der Waals surface area contributed by atoms with Gasteiger partial charge in [-0.1, -0.05) is 0 Å². The number of pyridine rings is 1. The number of nitrogens with zero attached hydrogens (tertiary/aromatic N) is 2. The molecule has 0 aromatic carbocycles. The lowest BCUT2D eigenvalue weighted by Gasteiger charge is -2.50. The second-order valence-electron chi connectivity index (χ2n) is 9.37. The van der Waals surface area contributed by atoms with Crippen LogP contribution in [0, 0.1) is 0 Å². The number of hydrogen-bond acceptors (Lipinski definition) is 8. The quantitative estimate of drug-likeness (QED) is 0.637. The van der Waals surface area contributed by atoms with Crippen LogP contribution >= 0.6 is 0 Å². The lowest BCUT2D eigenvalue weighted by Crippen LogP contribution is -2.67. The van der Waals surface area contributed by atoms with E-state index >= 15 is 0 Å². The molecule has 3 heterocycles. The maximum atomic E-state index is 13.9. The Bertz CT molecular complexity index is 1030. The molecular formula is C20H28N4O5S. The van der Waals surface area contributed by atoms with E-state index in [9.17, 15) is 13.2 Å². The lowest BCUT2D eigenvalue weighted by atomic mass is 9.81. The molecule has 1 amide bonds. The number of amidine groups is 1. The third kappa shape index (κ3) is 3.03. The number of amides is 1. The van der Waals surface area contributed by atoms with Gasteiger partial charge in [-0.3, -0.25) is 10.3 Å². The average molecular weight is 437 g/mol. The number of sulfone groups is 1. The van der Waals surface area contributed by atoms with Gasteiger partial charge in [-0.2, -0.15) is 0 Å². The fraction of sp³-hybridized carbons (Fsp3) is 0.650. The molecule has 2 aliphatic heterocycles. The average Bonchev–Trinajstić information content (AvgIpc) is 2.68. The molecule has 9 nitrogen and oxygen atoms in total. The van der Waals surface area contributed by atoms with Crippen molar-refractivity contribution in [3.8, 4) is 5.88 Å². The van der Waals surface area contributed by atoms with Gasteiger partial charge in [0.15, 0.2) is 9.84 Å². The predicted molar refractivity (Wildman–Crippen MR) is 112 cm³/mol. The van der Waals surface area contributed by atoms with Crippen molar-refractivity contribution in [1.82, 2.24) is 10.3 Å². The molecule has 1 aromatic rings. The Morgan fingerprint density at radius 3 is 2.67 bits per heavy atom. The lowest BCUT2D eigenvalue weighted by molar-refractivity contribution is 0.0558. The van der Waals surface area contributed by atoms with E-state index in [1.807, 2.05) is 0 Å². The Morgan fingerprint density at radius 1 is 1.37 bits per heavy atom. The van der Waals surface area contributed by atoms with E-state index in [1.54, 1.807) is 33.8 Å². The third-order valence-electron chi connectivity index (χ3n) is 6.14. The van der Waals surface area contributed by atoms with E-state index in [-0.39, 0.29) is 18.9 Å². The van der Waals surface area contributed by atoms with Crippen molar-refractivity contribution in [2.45, 2.75) is 74.5 Å². The largest absolute Gasteiger partial charge is 0.477 e. The number of nitrogen functional groups attached to an aromatic ring is 1. The number of rotatable bonds is 0. The Hall–Kier alpha value is -2.36. The molecule has 0 saturated heterocycles. The van der Waals surface area contributed by atoms with E-state index in [2.05, 4.69) is 10.3 Å². The number of hydrogen-bond donors (Lipinski definition) is 2. The summed E-state index contributed by atoms with van der Waals surface area (Å²) in [5, 5.41) is 1.86. The van der Waals surface area contributed by atoms with Crippen molar-refractivity contribution >= 4 is 27.5 Å². The van der Waals surface area contributed by atoms with Gasteiger partial charge in [0, 0.05) is 12.0 Å². The van der Waals surface area contributed by atoms with Crippen LogP contribution in [0.1, 0.15) is 58.9 Å². The summed E-state index contributed by atoms with van der Waals surface area (Å²) >= 11 is 0. The summed E-state index contributed by atoms with van der Waals surface area (Å²) < 4.78 is 37.7. The van der Waals surface area contributed by atoms with Gasteiger partial charge < -0.3 is 15.2 Å². The number of ether oxygens (including phenoxy) is 2. The molecule has 164 valence electrons. The zero-order valence-corrected chi connectivity index (χ0v) is 18.5. The molecule has 1 fully saturated rings. The van der Waals surface area contributed by atoms with Crippen LogP contribution in [0.5, 0.6) is 5.88 Å². The molecule has 30 heavy (non-hydrogen) atoms. The second-order valence-corrected chi connectivity index (χ2v) is 11.8. The van der Waals surface area contributed by atoms with Crippen molar-refractivity contribution < 1.29 is 22.7 Å². The van der Waals surface area contributed by atoms with Crippen LogP contribution in [0.3, 0.4) is 0 Å². The summed E-state index contributed by atoms with van der Waals surface area (Å²) in [5.41, 5.74) is 4.92. The van der Waals surface area contributed by atoms with Gasteiger partial charge >= 0.3 is 6.09 Å². The number of carbonyl (C=O) groups is 1. The molecule has 2 unspecified atom stereocenters. The van der Waals surface area contributed by atoms with Gasteiger partial charge in [-0.25, -0.2) is 18.2 Å². The number of aliphatic imine (C=N–C) groups is 1. The van der Waals surface area contributed by atoms with Gasteiger partial charge in [-0.15, -0.1) is 0 Å². The Labute approximate surface area is 176 Å². The molecular weight excluding hydrogens is 408 g/mol. The van der Waals surface area contributed by atoms with Crippen molar-refractivity contribution in [3.05, 3.63) is 17.8 Å². The number of aromatic nitrogens is 1. The predicted octanol–water partition coefficient (Wildman–Crippen LogP) is 2.30. The van der Waals surface area contributed by atoms with Crippen molar-refractivity contribution in [2.24, 2.45) is 4.99 Å². The molecule has 1 saturated carbocycles. The Morgan fingerprint density at radius 2 is 2.07 bits per heavy atom. The van der Waals surface area contributed by atoms with Crippen LogP contribution < -0.4 is 15.8 Å². The van der Waals surface area contributed by atoms with E-state index < -0.39 is 37.1 Å². The highest BCUT2D eigenvalue weighted by molar-refractivity contribution is 7.94. The van der Waals surface area contributed by atoms with Gasteiger partial charge in [0.2, 0.25) is 5.88 Å². The van der Waals surface area contributed by atoms with Crippen molar-refractivity contribution in [1.29, 1.82) is 0 Å². The molecule has 10 heteroatoms. The minimum absolute atomic E-state index is 0.136. The van der Waals surface area contributed by atoms with Crippen LogP contribution in [-0.2, 0) is 20.1 Å². The molecule has 2 atom stereocenters. The highest BCUT2D eigenvalue weighted by atomic mass is 32.2. The molecule has 3 aliphatic rings. The number of nitrogens with one attached hydrogen (secondary N) is 1. The van der Waals surface area contributed by atoms with Crippen LogP contribution in [-0.4, -0.2) is 47.5 Å². The first-order chi connectivity index (χ1) is 13.9. The minimum Gasteiger partial charge on any atom is -0.477 e. The van der Waals surface area contributed by atoms with E-state index in [1.165, 1.54) is 6.20 Å². The maximum Gasteiger partial charge on any atom is 0.413 e. The molecule has 1 aromatic heterocycles. The summed E-state index contributed by atoms with van der Waals surface area (Å²) in [6.07, 6.45) is 2.61. The van der Waals surface area contributed by atoms with Crippen LogP contribution in [0.4, 0.5) is 10.5 Å². The Kier molecular flexibility index (Phi) is 4.57. The number of carbonyl (C=O) groups excluding carboxylic acids is 1. The maximum absolute atomic E-state index is 13.9. The summed E-state index contributed by atoms with van der Waals surface area (Å²) in [4.78, 5) is 21.6. The van der Waals surface area contributed by atoms with Crippen molar-refractivity contribution in [2.75, 3.05) is 12.3 Å². The second kappa shape index (κ2) is 6.57. The fourth-order valence-corrected chi connectivity index (χ4v) is 7.51. The first-order valence-electron chi connectivity index (χ1n) is 10.1. The molecule has 0 bridgehead atoms. The highest BCUT2D eigenvalue weighted by Gasteiger charge is 2.64. The molecule has 4 rings (SSSR count). The van der Waals surface area contributed by atoms with E-state index in [0.29, 0.717) is 30.0 Å². The van der Waals surface area contributed by atoms with Crippen LogP contribution in [0.2, 0.25) is 0 Å².